The van der Waals surface area contributed by atoms with Crippen molar-refractivity contribution in [3.8, 4) is 17.3 Å². The summed E-state index contributed by atoms with van der Waals surface area (Å²) in [6.07, 6.45) is 1.74. The van der Waals surface area contributed by atoms with Gasteiger partial charge in [-0.1, -0.05) is 48.5 Å². The van der Waals surface area contributed by atoms with Crippen LogP contribution in [0, 0.1) is 0 Å². The third-order valence-electron chi connectivity index (χ3n) is 5.87. The molecule has 0 amide bonds. The molecule has 2 aromatic carbocycles. The predicted octanol–water partition coefficient (Wildman–Crippen LogP) is 4.72. The zero-order valence-corrected chi connectivity index (χ0v) is 16.8. The molecule has 3 heterocycles. The minimum absolute atomic E-state index is 0.209. The summed E-state index contributed by atoms with van der Waals surface area (Å²) in [7, 11) is 0. The summed E-state index contributed by atoms with van der Waals surface area (Å²) in [5.41, 5.74) is 5.56. The molecule has 0 unspecified atom stereocenters. The monoisotopic (exact) mass is 371 g/mol. The molecule has 1 N–H and O–H groups in total. The fourth-order valence-electron chi connectivity index (χ4n) is 4.72. The van der Waals surface area contributed by atoms with E-state index in [1.807, 2.05) is 16.7 Å². The first-order valence-corrected chi connectivity index (χ1v) is 9.86. The number of nitrogens with zero attached hydrogens (tertiary/aromatic N) is 3. The second-order valence-corrected chi connectivity index (χ2v) is 9.20. The molecule has 3 aromatic rings. The van der Waals surface area contributed by atoms with E-state index >= 15 is 0 Å². The van der Waals surface area contributed by atoms with Gasteiger partial charge in [0.15, 0.2) is 5.69 Å². The standard InChI is InChI=1S/C24H25N3O/c1-23(2)13-15-9-5-7-11-17(15)19(26-23)20-22(28)27-21(25-20)18-12-8-6-10-16(18)14-24(27,3)4/h5-12,28H,13-14H2,1-4H3. The van der Waals surface area contributed by atoms with E-state index in [2.05, 4.69) is 64.1 Å². The summed E-state index contributed by atoms with van der Waals surface area (Å²) in [5, 5.41) is 11.3. The highest BCUT2D eigenvalue weighted by Crippen LogP contribution is 2.43. The molecule has 0 atom stereocenters. The van der Waals surface area contributed by atoms with E-state index < -0.39 is 0 Å². The van der Waals surface area contributed by atoms with Gasteiger partial charge in [-0.15, -0.1) is 0 Å². The number of hydrogen-bond donors (Lipinski definition) is 1. The molecule has 5 rings (SSSR count). The lowest BCUT2D eigenvalue weighted by atomic mass is 9.86. The van der Waals surface area contributed by atoms with Gasteiger partial charge in [0.1, 0.15) is 5.82 Å². The number of rotatable bonds is 1. The first-order valence-electron chi connectivity index (χ1n) is 9.86. The van der Waals surface area contributed by atoms with Gasteiger partial charge in [-0.25, -0.2) is 4.98 Å². The average molecular weight is 371 g/mol. The Balaban J connectivity index is 1.79. The van der Waals surface area contributed by atoms with Gasteiger partial charge in [0.2, 0.25) is 5.88 Å². The second kappa shape index (κ2) is 5.57. The maximum absolute atomic E-state index is 11.3. The van der Waals surface area contributed by atoms with Gasteiger partial charge in [0.05, 0.1) is 11.3 Å². The van der Waals surface area contributed by atoms with Crippen molar-refractivity contribution in [2.45, 2.75) is 51.6 Å². The van der Waals surface area contributed by atoms with E-state index in [0.717, 1.165) is 35.5 Å². The molecule has 2 aliphatic heterocycles. The summed E-state index contributed by atoms with van der Waals surface area (Å²) >= 11 is 0. The molecular weight excluding hydrogens is 346 g/mol. The molecule has 0 spiro atoms. The Kier molecular flexibility index (Phi) is 3.43. The van der Waals surface area contributed by atoms with Crippen LogP contribution in [0.15, 0.2) is 53.5 Å². The number of imidazole rings is 1. The van der Waals surface area contributed by atoms with Crippen molar-refractivity contribution in [1.29, 1.82) is 0 Å². The van der Waals surface area contributed by atoms with Crippen LogP contribution in [-0.4, -0.2) is 25.9 Å². The number of aromatic hydroxyl groups is 1. The first kappa shape index (κ1) is 17.2. The molecule has 4 nitrogen and oxygen atoms in total. The van der Waals surface area contributed by atoms with Gasteiger partial charge >= 0.3 is 0 Å². The van der Waals surface area contributed by atoms with Crippen molar-refractivity contribution < 1.29 is 5.11 Å². The minimum atomic E-state index is -0.261. The highest BCUT2D eigenvalue weighted by molar-refractivity contribution is 6.15. The molecule has 28 heavy (non-hydrogen) atoms. The Morgan fingerprint density at radius 1 is 0.857 bits per heavy atom. The maximum atomic E-state index is 11.3. The van der Waals surface area contributed by atoms with Crippen LogP contribution < -0.4 is 0 Å². The Morgan fingerprint density at radius 2 is 1.46 bits per heavy atom. The molecule has 1 aromatic heterocycles. The largest absolute Gasteiger partial charge is 0.493 e. The van der Waals surface area contributed by atoms with Crippen molar-refractivity contribution in [2.24, 2.45) is 4.99 Å². The van der Waals surface area contributed by atoms with Gasteiger partial charge < -0.3 is 5.11 Å². The summed E-state index contributed by atoms with van der Waals surface area (Å²) in [6.45, 7) is 8.57. The third kappa shape index (κ3) is 2.44. The molecule has 0 radical (unpaired) electrons. The van der Waals surface area contributed by atoms with E-state index in [0.29, 0.717) is 5.69 Å². The van der Waals surface area contributed by atoms with Gasteiger partial charge in [-0.3, -0.25) is 9.56 Å². The Morgan fingerprint density at radius 3 is 2.18 bits per heavy atom. The van der Waals surface area contributed by atoms with E-state index in [1.165, 1.54) is 11.1 Å². The molecule has 0 saturated carbocycles. The summed E-state index contributed by atoms with van der Waals surface area (Å²) in [4.78, 5) is 9.97. The molecular formula is C24H25N3O. The van der Waals surface area contributed by atoms with Crippen LogP contribution in [0.1, 0.15) is 50.1 Å². The molecule has 0 aliphatic carbocycles. The van der Waals surface area contributed by atoms with Crippen molar-refractivity contribution in [2.75, 3.05) is 0 Å². The van der Waals surface area contributed by atoms with Crippen LogP contribution >= 0.6 is 0 Å². The Bertz CT molecular complexity index is 1130. The normalized spacial score (nSPS) is 18.6. The van der Waals surface area contributed by atoms with E-state index in [-0.39, 0.29) is 17.0 Å². The topological polar surface area (TPSA) is 50.4 Å². The molecule has 142 valence electrons. The number of aromatic nitrogens is 2. The third-order valence-corrected chi connectivity index (χ3v) is 5.87. The average Bonchev–Trinajstić information content (AvgIpc) is 2.98. The predicted molar refractivity (Wildman–Crippen MR) is 112 cm³/mol. The number of benzene rings is 2. The van der Waals surface area contributed by atoms with Gasteiger partial charge in [-0.2, -0.15) is 0 Å². The lowest BCUT2D eigenvalue weighted by Gasteiger charge is -2.34. The first-order chi connectivity index (χ1) is 13.3. The van der Waals surface area contributed by atoms with E-state index in [1.54, 1.807) is 0 Å². The fraction of sp³-hybridized carbons (Fsp3) is 0.333. The van der Waals surface area contributed by atoms with Crippen molar-refractivity contribution in [3.05, 3.63) is 70.9 Å². The fourth-order valence-corrected chi connectivity index (χ4v) is 4.72. The molecule has 0 saturated heterocycles. The summed E-state index contributed by atoms with van der Waals surface area (Å²) < 4.78 is 1.98. The highest BCUT2D eigenvalue weighted by Gasteiger charge is 2.38. The van der Waals surface area contributed by atoms with Crippen LogP contribution in [-0.2, 0) is 18.4 Å². The lowest BCUT2D eigenvalue weighted by Crippen LogP contribution is -2.33. The summed E-state index contributed by atoms with van der Waals surface area (Å²) in [5.74, 6) is 1.03. The maximum Gasteiger partial charge on any atom is 0.222 e. The smallest absolute Gasteiger partial charge is 0.222 e. The second-order valence-electron chi connectivity index (χ2n) is 9.20. The Hall–Kier alpha value is -2.88. The van der Waals surface area contributed by atoms with Crippen molar-refractivity contribution in [3.63, 3.8) is 0 Å². The van der Waals surface area contributed by atoms with Gasteiger partial charge in [-0.05, 0) is 51.7 Å². The van der Waals surface area contributed by atoms with Crippen LogP contribution in [0.2, 0.25) is 0 Å². The van der Waals surface area contributed by atoms with Crippen LogP contribution in [0.3, 0.4) is 0 Å². The van der Waals surface area contributed by atoms with E-state index in [4.69, 9.17) is 9.98 Å². The van der Waals surface area contributed by atoms with E-state index in [9.17, 15) is 5.11 Å². The lowest BCUT2D eigenvalue weighted by molar-refractivity contribution is 0.297. The number of aliphatic imine (C=N–C) groups is 1. The minimum Gasteiger partial charge on any atom is -0.493 e. The van der Waals surface area contributed by atoms with Crippen LogP contribution in [0.4, 0.5) is 0 Å². The zero-order valence-electron chi connectivity index (χ0n) is 16.8. The number of fused-ring (bicyclic) bond motifs is 4. The highest BCUT2D eigenvalue weighted by atomic mass is 16.3. The molecule has 0 fully saturated rings. The molecule has 0 bridgehead atoms. The SMILES string of the molecule is CC1(C)Cc2ccccc2C(c2nc3n(c2O)C(C)(C)Cc2ccccc2-3)=N1. The van der Waals surface area contributed by atoms with Crippen molar-refractivity contribution in [1.82, 2.24) is 9.55 Å². The van der Waals surface area contributed by atoms with Crippen LogP contribution in [0.5, 0.6) is 5.88 Å². The quantitative estimate of drug-likeness (QED) is 0.673. The number of hydrogen-bond acceptors (Lipinski definition) is 3. The molecule has 4 heteroatoms. The summed E-state index contributed by atoms with van der Waals surface area (Å²) in [6, 6.07) is 16.7. The zero-order chi connectivity index (χ0) is 19.7. The van der Waals surface area contributed by atoms with Gasteiger partial charge in [0.25, 0.3) is 0 Å². The Labute approximate surface area is 165 Å². The van der Waals surface area contributed by atoms with Gasteiger partial charge in [0, 0.05) is 16.7 Å². The van der Waals surface area contributed by atoms with Crippen molar-refractivity contribution >= 4 is 5.71 Å². The molecule has 2 aliphatic rings. The van der Waals surface area contributed by atoms with Crippen LogP contribution in [0.25, 0.3) is 11.4 Å².